The molecule has 0 bridgehead atoms. The summed E-state index contributed by atoms with van der Waals surface area (Å²) in [5.74, 6) is -1.22. The number of methoxy groups -OCH3 is 1. The number of H-pyrrole nitrogens is 1. The van der Waals surface area contributed by atoms with Gasteiger partial charge in [-0.15, -0.1) is 5.10 Å². The van der Waals surface area contributed by atoms with Crippen LogP contribution in [0.15, 0.2) is 42.9 Å². The van der Waals surface area contributed by atoms with Crippen LogP contribution in [0.4, 0.5) is 14.6 Å². The van der Waals surface area contributed by atoms with Gasteiger partial charge in [0.15, 0.2) is 5.82 Å². The minimum atomic E-state index is -0.733. The van der Waals surface area contributed by atoms with Gasteiger partial charge in [-0.3, -0.25) is 4.79 Å². The summed E-state index contributed by atoms with van der Waals surface area (Å²) in [6.07, 6.45) is 4.56. The minimum Gasteiger partial charge on any atom is -0.384 e. The number of aromatic nitrogens is 7. The number of ether oxygens (including phenoxy) is 1. The van der Waals surface area contributed by atoms with Crippen molar-refractivity contribution in [1.29, 1.82) is 0 Å². The van der Waals surface area contributed by atoms with Gasteiger partial charge in [-0.05, 0) is 46.7 Å². The molecule has 0 radical (unpaired) electrons. The van der Waals surface area contributed by atoms with E-state index in [1.807, 2.05) is 0 Å². The Kier molecular flexibility index (Phi) is 5.88. The molecule has 0 saturated carbocycles. The number of nitrogens with two attached hydrogens (primary N) is 1. The van der Waals surface area contributed by atoms with Crippen LogP contribution < -0.4 is 5.73 Å². The molecule has 1 aromatic carbocycles. The topological polar surface area (TPSA) is 141 Å². The van der Waals surface area contributed by atoms with Crippen LogP contribution >= 0.6 is 11.6 Å². The summed E-state index contributed by atoms with van der Waals surface area (Å²) in [4.78, 5) is 26.4. The quantitative estimate of drug-likeness (QED) is 0.369. The average molecular weight is 540 g/mol. The van der Waals surface area contributed by atoms with Crippen molar-refractivity contribution in [3.8, 4) is 16.9 Å². The summed E-state index contributed by atoms with van der Waals surface area (Å²) in [7, 11) is 1.56. The van der Waals surface area contributed by atoms with Crippen LogP contribution in [0.3, 0.4) is 0 Å². The first-order chi connectivity index (χ1) is 18.4. The van der Waals surface area contributed by atoms with E-state index in [0.717, 1.165) is 0 Å². The van der Waals surface area contributed by atoms with Crippen molar-refractivity contribution in [2.45, 2.75) is 31.0 Å². The van der Waals surface area contributed by atoms with E-state index in [4.69, 9.17) is 22.1 Å². The molecule has 2 aliphatic rings. The van der Waals surface area contributed by atoms with Crippen molar-refractivity contribution in [2.24, 2.45) is 0 Å². The van der Waals surface area contributed by atoms with Gasteiger partial charge in [-0.25, -0.2) is 14.4 Å². The SMILES string of the molecule is CO[C@H]1C[C@@H](c2ncc(-c3ccc(N)nc3F)[nH]2)N2C(=O)C=C(c3c(-n4cnnn4)ccc(Cl)c3F)CC12. The maximum absolute atomic E-state index is 15.4. The normalized spacial score (nSPS) is 21.1. The molecule has 5 heterocycles. The fourth-order valence-electron chi connectivity index (χ4n) is 5.23. The molecule has 4 aromatic rings. The predicted octanol–water partition coefficient (Wildman–Crippen LogP) is 3.11. The maximum atomic E-state index is 15.4. The Bertz CT molecular complexity index is 1570. The number of tetrazole rings is 1. The number of hydrogen-bond acceptors (Lipinski definition) is 8. The highest BCUT2D eigenvalue weighted by atomic mass is 35.5. The van der Waals surface area contributed by atoms with Crippen molar-refractivity contribution in [1.82, 2.24) is 40.1 Å². The van der Waals surface area contributed by atoms with E-state index in [2.05, 4.69) is 30.5 Å². The second kappa shape index (κ2) is 9.26. The molecular weight excluding hydrogens is 520 g/mol. The van der Waals surface area contributed by atoms with Gasteiger partial charge in [-0.2, -0.15) is 9.07 Å². The van der Waals surface area contributed by atoms with Crippen LogP contribution in [0.2, 0.25) is 5.02 Å². The lowest BCUT2D eigenvalue weighted by molar-refractivity contribution is -0.130. The molecule has 6 rings (SSSR count). The van der Waals surface area contributed by atoms with Crippen LogP contribution in [-0.2, 0) is 9.53 Å². The molecule has 1 fully saturated rings. The molecule has 0 aliphatic carbocycles. The number of carbonyl (C=O) groups excluding carboxylic acids is 1. The number of benzene rings is 1. The van der Waals surface area contributed by atoms with Crippen LogP contribution in [0.25, 0.3) is 22.5 Å². The smallest absolute Gasteiger partial charge is 0.247 e. The van der Waals surface area contributed by atoms with E-state index in [-0.39, 0.29) is 40.4 Å². The molecule has 38 heavy (non-hydrogen) atoms. The van der Waals surface area contributed by atoms with E-state index < -0.39 is 23.8 Å². The van der Waals surface area contributed by atoms with E-state index >= 15 is 4.39 Å². The van der Waals surface area contributed by atoms with E-state index in [9.17, 15) is 9.18 Å². The number of halogens is 3. The van der Waals surface area contributed by atoms with Crippen LogP contribution in [0.1, 0.15) is 30.3 Å². The van der Waals surface area contributed by atoms with Crippen LogP contribution in [-0.4, -0.2) is 65.2 Å². The fourth-order valence-corrected chi connectivity index (χ4v) is 5.38. The third kappa shape index (κ3) is 3.90. The number of carbonyl (C=O) groups is 1. The van der Waals surface area contributed by atoms with Crippen molar-refractivity contribution < 1.29 is 18.3 Å². The summed E-state index contributed by atoms with van der Waals surface area (Å²) < 4.78 is 36.8. The number of pyridine rings is 1. The zero-order chi connectivity index (χ0) is 26.6. The number of fused-ring (bicyclic) bond motifs is 1. The molecule has 2 aliphatic heterocycles. The molecule has 3 atom stereocenters. The third-order valence-electron chi connectivity index (χ3n) is 6.92. The van der Waals surface area contributed by atoms with Gasteiger partial charge in [0.05, 0.1) is 46.4 Å². The van der Waals surface area contributed by atoms with Crippen molar-refractivity contribution in [3.63, 3.8) is 0 Å². The number of nitrogens with zero attached hydrogens (tertiary/aromatic N) is 7. The highest BCUT2D eigenvalue weighted by molar-refractivity contribution is 6.31. The van der Waals surface area contributed by atoms with Gasteiger partial charge in [-0.1, -0.05) is 11.6 Å². The Balaban J connectivity index is 1.37. The Morgan fingerprint density at radius 2 is 2.08 bits per heavy atom. The van der Waals surface area contributed by atoms with Gasteiger partial charge in [0, 0.05) is 25.2 Å². The zero-order valence-corrected chi connectivity index (χ0v) is 20.6. The summed E-state index contributed by atoms with van der Waals surface area (Å²) in [6.45, 7) is 0. The standard InChI is InChI=1S/C24H20ClF2N9O2/c1-38-18-8-17(24-29-9-14(31-24)12-2-5-19(28)32-23(12)27)36-16(18)6-11(7-20(36)37)21-15(35-10-30-33-34-35)4-3-13(25)22(21)26/h2-5,7,9-10,16-18H,6,8H2,1H3,(H2,28,32)(H,29,31)/t16?,17-,18-/m0/s1. The van der Waals surface area contributed by atoms with E-state index in [0.29, 0.717) is 29.2 Å². The molecule has 0 spiro atoms. The highest BCUT2D eigenvalue weighted by Crippen LogP contribution is 2.45. The third-order valence-corrected chi connectivity index (χ3v) is 7.22. The fraction of sp³-hybridized carbons (Fsp3) is 0.250. The molecule has 1 saturated heterocycles. The average Bonchev–Trinajstić information content (AvgIpc) is 3.65. The number of hydrogen-bond donors (Lipinski definition) is 2. The van der Waals surface area contributed by atoms with Gasteiger partial charge < -0.3 is 20.4 Å². The lowest BCUT2D eigenvalue weighted by Gasteiger charge is -2.34. The number of nitrogen functional groups attached to an aromatic ring is 1. The number of anilines is 1. The lowest BCUT2D eigenvalue weighted by Crippen LogP contribution is -2.43. The van der Waals surface area contributed by atoms with Crippen molar-refractivity contribution in [2.75, 3.05) is 12.8 Å². The van der Waals surface area contributed by atoms with Gasteiger partial charge in [0.25, 0.3) is 0 Å². The summed E-state index contributed by atoms with van der Waals surface area (Å²) in [5, 5.41) is 11.0. The Morgan fingerprint density at radius 3 is 2.82 bits per heavy atom. The Hall–Kier alpha value is -4.23. The second-order valence-electron chi connectivity index (χ2n) is 8.98. The lowest BCUT2D eigenvalue weighted by atomic mass is 9.91. The minimum absolute atomic E-state index is 0.0634. The van der Waals surface area contributed by atoms with E-state index in [1.54, 1.807) is 18.1 Å². The number of amides is 1. The van der Waals surface area contributed by atoms with Crippen molar-refractivity contribution >= 4 is 28.9 Å². The molecule has 11 nitrogen and oxygen atoms in total. The molecular formula is C24H20ClF2N9O2. The van der Waals surface area contributed by atoms with Crippen LogP contribution in [0.5, 0.6) is 0 Å². The Morgan fingerprint density at radius 1 is 1.24 bits per heavy atom. The summed E-state index contributed by atoms with van der Waals surface area (Å²) >= 11 is 6.11. The summed E-state index contributed by atoms with van der Waals surface area (Å²) in [6, 6.07) is 5.11. The highest BCUT2D eigenvalue weighted by Gasteiger charge is 2.48. The molecule has 1 unspecified atom stereocenters. The first-order valence-corrected chi connectivity index (χ1v) is 12.0. The van der Waals surface area contributed by atoms with Crippen molar-refractivity contribution in [3.05, 3.63) is 71.0 Å². The first kappa shape index (κ1) is 24.1. The number of rotatable bonds is 5. The summed E-state index contributed by atoms with van der Waals surface area (Å²) in [5.41, 5.74) is 7.09. The van der Waals surface area contributed by atoms with Gasteiger partial charge >= 0.3 is 0 Å². The maximum Gasteiger partial charge on any atom is 0.247 e. The second-order valence-corrected chi connectivity index (χ2v) is 9.39. The van der Waals surface area contributed by atoms with Gasteiger partial charge in [0.1, 0.15) is 18.0 Å². The number of imidazole rings is 1. The first-order valence-electron chi connectivity index (χ1n) is 11.6. The zero-order valence-electron chi connectivity index (χ0n) is 19.8. The van der Waals surface area contributed by atoms with Crippen LogP contribution in [0, 0.1) is 11.8 Å². The van der Waals surface area contributed by atoms with E-state index in [1.165, 1.54) is 41.5 Å². The molecule has 14 heteroatoms. The number of aromatic amines is 1. The monoisotopic (exact) mass is 539 g/mol. The Labute approximate surface area is 219 Å². The molecule has 3 aromatic heterocycles. The largest absolute Gasteiger partial charge is 0.384 e. The number of nitrogens with one attached hydrogen (secondary N) is 1. The van der Waals surface area contributed by atoms with Gasteiger partial charge in [0.2, 0.25) is 11.9 Å². The molecule has 1 amide bonds. The predicted molar refractivity (Wildman–Crippen MR) is 132 cm³/mol. The molecule has 194 valence electrons. The molecule has 3 N–H and O–H groups in total.